The molecule has 7 nitrogen and oxygen atoms in total. The molecule has 1 rings (SSSR count). The molecule has 3 atom stereocenters. The molecule has 0 spiro atoms. The fraction of sp³-hybridized carbons (Fsp3) is 0.273. The van der Waals surface area contributed by atoms with Crippen LogP contribution >= 0.6 is 68.0 Å². The highest BCUT2D eigenvalue weighted by Crippen LogP contribution is 2.28. The van der Waals surface area contributed by atoms with Gasteiger partial charge in [0.1, 0.15) is 8.16 Å². The third-order valence-corrected chi connectivity index (χ3v) is 7.15. The lowest BCUT2D eigenvalue weighted by Crippen LogP contribution is -2.59. The molecule has 0 aliphatic heterocycles. The van der Waals surface area contributed by atoms with Crippen molar-refractivity contribution in [1.82, 2.24) is 3.11 Å². The van der Waals surface area contributed by atoms with Crippen molar-refractivity contribution in [2.75, 3.05) is 0 Å². The van der Waals surface area contributed by atoms with E-state index in [0.29, 0.717) is 0 Å². The lowest BCUT2D eigenvalue weighted by Gasteiger charge is -2.34. The van der Waals surface area contributed by atoms with Crippen LogP contribution in [0, 0.1) is 0 Å². The number of carboxylic acids is 1. The summed E-state index contributed by atoms with van der Waals surface area (Å²) >= 11 is 4.98. The van der Waals surface area contributed by atoms with E-state index < -0.39 is 25.8 Å². The fourth-order valence-electron chi connectivity index (χ4n) is 1.28. The summed E-state index contributed by atoms with van der Waals surface area (Å²) in [5.41, 5.74) is 3.92. The Kier molecular flexibility index (Phi) is 7.04. The Morgan fingerprint density at radius 1 is 1.19 bits per heavy atom. The number of carbonyl (C=O) groups is 2. The highest BCUT2D eigenvalue weighted by Gasteiger charge is 2.42. The Hall–Kier alpha value is 0.230. The van der Waals surface area contributed by atoms with Crippen LogP contribution in [0.1, 0.15) is 20.7 Å². The molecule has 1 aromatic carbocycles. The van der Waals surface area contributed by atoms with Gasteiger partial charge in [-0.1, -0.05) is 22.6 Å². The van der Waals surface area contributed by atoms with Crippen molar-refractivity contribution in [3.8, 4) is 0 Å². The molecule has 1 aromatic rings. The average Bonchev–Trinajstić information content (AvgIpc) is 2.44. The summed E-state index contributed by atoms with van der Waals surface area (Å²) in [6.45, 7) is 0. The van der Waals surface area contributed by atoms with Crippen molar-refractivity contribution >= 4 is 79.9 Å². The first-order valence-electron chi connectivity index (χ1n) is 5.39. The van der Waals surface area contributed by atoms with E-state index >= 15 is 0 Å². The molecule has 0 radical (unpaired) electrons. The highest BCUT2D eigenvalue weighted by molar-refractivity contribution is 14.1. The van der Waals surface area contributed by atoms with Crippen molar-refractivity contribution in [2.45, 2.75) is 13.9 Å². The van der Waals surface area contributed by atoms with Crippen molar-refractivity contribution < 1.29 is 24.9 Å². The predicted octanol–water partition coefficient (Wildman–Crippen LogP) is 1.34. The number of alkyl halides is 2. The summed E-state index contributed by atoms with van der Waals surface area (Å²) < 4.78 is -1.01. The van der Waals surface area contributed by atoms with Crippen LogP contribution in [0.15, 0.2) is 24.3 Å². The summed E-state index contributed by atoms with van der Waals surface area (Å²) in [6, 6.07) is 5.36. The molecule has 21 heavy (non-hydrogen) atoms. The lowest BCUT2D eigenvalue weighted by atomic mass is 10.1. The quantitative estimate of drug-likeness (QED) is 0.128. The topological polar surface area (TPSA) is 124 Å². The summed E-state index contributed by atoms with van der Waals surface area (Å²) in [6.07, 6.45) is 0. The van der Waals surface area contributed by atoms with Gasteiger partial charge in [0.25, 0.3) is 5.91 Å². The minimum Gasteiger partial charge on any atom is -0.478 e. The van der Waals surface area contributed by atoms with E-state index in [1.54, 1.807) is 68.0 Å². The standard InChI is InChI=1S/C11H11I3N2O5/c12-9(11(15,21)10(13)20)16(14)7(17)5-1-3-6(4-2-5)8(18)19/h1-4,9-10,20-21H,15H2,(H,18,19). The van der Waals surface area contributed by atoms with E-state index in [1.807, 2.05) is 0 Å². The molecule has 116 valence electrons. The minimum atomic E-state index is -1.99. The Morgan fingerprint density at radius 3 is 2.00 bits per heavy atom. The summed E-state index contributed by atoms with van der Waals surface area (Å²) in [5.74, 6) is -1.55. The number of amides is 1. The third-order valence-electron chi connectivity index (χ3n) is 2.54. The second kappa shape index (κ2) is 7.67. The summed E-state index contributed by atoms with van der Waals surface area (Å²) in [4.78, 5) is 23.0. The third kappa shape index (κ3) is 4.60. The Bertz CT molecular complexity index is 535. The van der Waals surface area contributed by atoms with Gasteiger partial charge in [0.15, 0.2) is 5.72 Å². The van der Waals surface area contributed by atoms with E-state index in [9.17, 15) is 19.8 Å². The number of nitrogens with two attached hydrogens (primary N) is 1. The lowest BCUT2D eigenvalue weighted by molar-refractivity contribution is -0.0310. The van der Waals surface area contributed by atoms with Gasteiger partial charge in [-0.15, -0.1) is 0 Å². The smallest absolute Gasteiger partial charge is 0.335 e. The Morgan fingerprint density at radius 2 is 1.62 bits per heavy atom. The van der Waals surface area contributed by atoms with Gasteiger partial charge in [0.05, 0.1) is 28.4 Å². The molecule has 0 fully saturated rings. The maximum atomic E-state index is 12.3. The zero-order valence-electron chi connectivity index (χ0n) is 10.3. The van der Waals surface area contributed by atoms with Gasteiger partial charge in [-0.3, -0.25) is 13.6 Å². The van der Waals surface area contributed by atoms with E-state index in [1.165, 1.54) is 24.3 Å². The number of benzene rings is 1. The first-order valence-corrected chi connectivity index (χ1v) is 8.84. The van der Waals surface area contributed by atoms with E-state index in [-0.39, 0.29) is 11.1 Å². The van der Waals surface area contributed by atoms with Crippen LogP contribution in [0.2, 0.25) is 0 Å². The monoisotopic (exact) mass is 632 g/mol. The molecule has 10 heteroatoms. The molecule has 3 unspecified atom stereocenters. The number of hydrogen-bond acceptors (Lipinski definition) is 5. The molecule has 0 aromatic heterocycles. The van der Waals surface area contributed by atoms with Crippen molar-refractivity contribution in [3.05, 3.63) is 35.4 Å². The maximum absolute atomic E-state index is 12.3. The first kappa shape index (κ1) is 19.3. The van der Waals surface area contributed by atoms with Crippen LogP contribution in [0.3, 0.4) is 0 Å². The maximum Gasteiger partial charge on any atom is 0.335 e. The van der Waals surface area contributed by atoms with Crippen LogP contribution in [0.5, 0.6) is 0 Å². The summed E-state index contributed by atoms with van der Waals surface area (Å²) in [7, 11) is 0. The van der Waals surface area contributed by atoms with Gasteiger partial charge in [-0.05, 0) is 46.9 Å². The molecule has 1 amide bonds. The molecule has 5 N–H and O–H groups in total. The van der Waals surface area contributed by atoms with E-state index in [2.05, 4.69) is 0 Å². The predicted molar refractivity (Wildman–Crippen MR) is 101 cm³/mol. The zero-order chi connectivity index (χ0) is 16.4. The number of nitrogens with zero attached hydrogens (tertiary/aromatic N) is 1. The number of hydrogen-bond donors (Lipinski definition) is 4. The van der Waals surface area contributed by atoms with Crippen LogP contribution in [0.25, 0.3) is 0 Å². The second-order valence-corrected chi connectivity index (χ2v) is 7.46. The molecule has 0 aliphatic rings. The first-order chi connectivity index (χ1) is 9.59. The van der Waals surface area contributed by atoms with E-state index in [0.717, 1.165) is 3.11 Å². The minimum absolute atomic E-state index is 0.0654. The van der Waals surface area contributed by atoms with Gasteiger partial charge in [0.2, 0.25) is 0 Å². The van der Waals surface area contributed by atoms with E-state index in [4.69, 9.17) is 10.8 Å². The van der Waals surface area contributed by atoms with Crippen LogP contribution < -0.4 is 5.73 Å². The fourth-order valence-corrected chi connectivity index (χ4v) is 3.62. The molecular formula is C11H11I3N2O5. The number of aliphatic hydroxyl groups is 2. The molecule has 0 bridgehead atoms. The highest BCUT2D eigenvalue weighted by atomic mass is 127. The number of aliphatic hydroxyl groups excluding tert-OH is 1. The van der Waals surface area contributed by atoms with Crippen molar-refractivity contribution in [1.29, 1.82) is 0 Å². The number of carboxylic acid groups (broad SMARTS) is 1. The number of carbonyl (C=O) groups excluding carboxylic acids is 1. The molecular weight excluding hydrogens is 621 g/mol. The zero-order valence-corrected chi connectivity index (χ0v) is 16.8. The van der Waals surface area contributed by atoms with Crippen LogP contribution in [-0.4, -0.2) is 44.2 Å². The van der Waals surface area contributed by atoms with Gasteiger partial charge >= 0.3 is 5.97 Å². The van der Waals surface area contributed by atoms with Gasteiger partial charge in [0, 0.05) is 5.56 Å². The Balaban J connectivity index is 2.95. The number of halogens is 3. The van der Waals surface area contributed by atoms with Crippen molar-refractivity contribution in [3.63, 3.8) is 0 Å². The van der Waals surface area contributed by atoms with Gasteiger partial charge in [-0.2, -0.15) is 0 Å². The SMILES string of the molecule is NC(O)(C(O)I)C(I)N(I)C(=O)c1ccc(C(=O)O)cc1. The molecule has 0 aliphatic carbocycles. The van der Waals surface area contributed by atoms with Gasteiger partial charge in [-0.25, -0.2) is 4.79 Å². The van der Waals surface area contributed by atoms with Gasteiger partial charge < -0.3 is 15.3 Å². The van der Waals surface area contributed by atoms with Crippen LogP contribution in [-0.2, 0) is 0 Å². The average molecular weight is 632 g/mol. The molecule has 0 saturated heterocycles. The largest absolute Gasteiger partial charge is 0.478 e. The Labute approximate surface area is 161 Å². The number of aromatic carboxylic acids is 1. The molecule has 0 saturated carbocycles. The van der Waals surface area contributed by atoms with Crippen LogP contribution in [0.4, 0.5) is 0 Å². The normalized spacial score (nSPS) is 16.7. The summed E-state index contributed by atoms with van der Waals surface area (Å²) in [5, 5.41) is 28.2. The molecule has 0 heterocycles. The number of rotatable bonds is 5. The van der Waals surface area contributed by atoms with Crippen molar-refractivity contribution in [2.24, 2.45) is 5.73 Å². The second-order valence-electron chi connectivity index (χ2n) is 4.06.